The first-order valence-corrected chi connectivity index (χ1v) is 6.47. The Balaban J connectivity index is 2.16. The van der Waals surface area contributed by atoms with Crippen molar-refractivity contribution < 1.29 is 24.2 Å². The molecule has 1 aromatic rings. The third-order valence-corrected chi connectivity index (χ3v) is 2.98. The van der Waals surface area contributed by atoms with E-state index in [0.29, 0.717) is 17.1 Å². The van der Waals surface area contributed by atoms with Crippen molar-refractivity contribution in [3.63, 3.8) is 0 Å². The molecule has 1 aliphatic rings. The molecule has 0 saturated carbocycles. The number of anilines is 2. The van der Waals surface area contributed by atoms with Crippen molar-refractivity contribution in [1.29, 1.82) is 5.26 Å². The Labute approximate surface area is 125 Å². The molecule has 1 aliphatic heterocycles. The number of nitrogens with one attached hydrogen (secondary N) is 1. The van der Waals surface area contributed by atoms with E-state index in [1.807, 2.05) is 6.07 Å². The fourth-order valence-electron chi connectivity index (χ4n) is 1.97. The molecule has 2 rings (SSSR count). The van der Waals surface area contributed by atoms with E-state index in [0.717, 1.165) is 0 Å². The summed E-state index contributed by atoms with van der Waals surface area (Å²) in [6.45, 7) is -0.259. The second-order valence-corrected chi connectivity index (χ2v) is 4.55. The molecule has 8 heteroatoms. The van der Waals surface area contributed by atoms with Crippen molar-refractivity contribution in [1.82, 2.24) is 0 Å². The number of hydrogen-bond donors (Lipinski definition) is 2. The largest absolute Gasteiger partial charge is 0.482 e. The highest BCUT2D eigenvalue weighted by molar-refractivity contribution is 6.00. The second kappa shape index (κ2) is 6.58. The van der Waals surface area contributed by atoms with Gasteiger partial charge in [-0.05, 0) is 18.2 Å². The first-order valence-electron chi connectivity index (χ1n) is 6.47. The summed E-state index contributed by atoms with van der Waals surface area (Å²) >= 11 is 0. The van der Waals surface area contributed by atoms with Gasteiger partial charge in [0, 0.05) is 12.1 Å². The normalized spacial score (nSPS) is 12.9. The molecule has 2 N–H and O–H groups in total. The molecule has 0 fully saturated rings. The molecule has 0 unspecified atom stereocenters. The van der Waals surface area contributed by atoms with Crippen LogP contribution in [0, 0.1) is 11.3 Å². The lowest BCUT2D eigenvalue weighted by Gasteiger charge is -2.27. The Bertz CT molecular complexity index is 665. The smallest absolute Gasteiger partial charge is 0.303 e. The third-order valence-electron chi connectivity index (χ3n) is 2.98. The van der Waals surface area contributed by atoms with E-state index in [2.05, 4.69) is 5.32 Å². The Hall–Kier alpha value is -3.08. The number of ether oxygens (including phenoxy) is 1. The van der Waals surface area contributed by atoms with Gasteiger partial charge in [-0.2, -0.15) is 5.26 Å². The van der Waals surface area contributed by atoms with Crippen molar-refractivity contribution in [2.45, 2.75) is 12.8 Å². The Morgan fingerprint density at radius 3 is 2.86 bits per heavy atom. The summed E-state index contributed by atoms with van der Waals surface area (Å²) in [6, 6.07) is 6.58. The van der Waals surface area contributed by atoms with Crippen molar-refractivity contribution in [3.8, 4) is 11.8 Å². The molecule has 0 saturated heterocycles. The van der Waals surface area contributed by atoms with Crippen LogP contribution >= 0.6 is 0 Å². The number of hydrogen-bond acceptors (Lipinski definition) is 5. The molecule has 22 heavy (non-hydrogen) atoms. The molecule has 114 valence electrons. The fourth-order valence-corrected chi connectivity index (χ4v) is 1.97. The zero-order valence-corrected chi connectivity index (χ0v) is 11.5. The maximum Gasteiger partial charge on any atom is 0.303 e. The van der Waals surface area contributed by atoms with E-state index in [1.165, 1.54) is 11.0 Å². The number of nitrogens with zero attached hydrogens (tertiary/aromatic N) is 2. The van der Waals surface area contributed by atoms with Crippen LogP contribution in [0.3, 0.4) is 0 Å². The predicted octanol–water partition coefficient (Wildman–Crippen LogP) is 0.739. The summed E-state index contributed by atoms with van der Waals surface area (Å²) in [6.07, 6.45) is -0.414. The lowest BCUT2D eigenvalue weighted by Crippen LogP contribution is -2.39. The summed E-state index contributed by atoms with van der Waals surface area (Å²) in [5.74, 6) is -1.40. The van der Waals surface area contributed by atoms with Crippen molar-refractivity contribution >= 4 is 29.2 Å². The van der Waals surface area contributed by atoms with Crippen LogP contribution in [0.5, 0.6) is 5.75 Å². The van der Waals surface area contributed by atoms with E-state index in [9.17, 15) is 14.4 Å². The quantitative estimate of drug-likeness (QED) is 0.774. The SMILES string of the molecule is N#CCN1C(=O)COc2ccc(NC(=O)CCC(=O)O)cc21. The zero-order valence-electron chi connectivity index (χ0n) is 11.5. The topological polar surface area (TPSA) is 120 Å². The van der Waals surface area contributed by atoms with Crippen LogP contribution in [0.1, 0.15) is 12.8 Å². The minimum Gasteiger partial charge on any atom is -0.482 e. The van der Waals surface area contributed by atoms with E-state index < -0.39 is 11.9 Å². The van der Waals surface area contributed by atoms with Gasteiger partial charge >= 0.3 is 5.97 Å². The number of carboxylic acid groups (broad SMARTS) is 1. The van der Waals surface area contributed by atoms with Crippen molar-refractivity contribution in [2.75, 3.05) is 23.4 Å². The summed E-state index contributed by atoms with van der Waals surface area (Å²) in [5, 5.41) is 19.9. The molecule has 8 nitrogen and oxygen atoms in total. The van der Waals surface area contributed by atoms with Gasteiger partial charge in [0.15, 0.2) is 6.61 Å². The summed E-state index contributed by atoms with van der Waals surface area (Å²) in [7, 11) is 0. The molecule has 0 radical (unpaired) electrons. The highest BCUT2D eigenvalue weighted by Gasteiger charge is 2.25. The van der Waals surface area contributed by atoms with Gasteiger partial charge < -0.3 is 15.2 Å². The number of rotatable bonds is 5. The molecular weight excluding hydrogens is 290 g/mol. The molecule has 1 aromatic carbocycles. The number of aliphatic carboxylic acids is 1. The molecule has 0 spiro atoms. The number of carbonyl (C=O) groups excluding carboxylic acids is 2. The van der Waals surface area contributed by atoms with E-state index in [4.69, 9.17) is 15.1 Å². The summed E-state index contributed by atoms with van der Waals surface area (Å²) in [5.41, 5.74) is 0.796. The third kappa shape index (κ3) is 3.52. The number of nitriles is 1. The van der Waals surface area contributed by atoms with Gasteiger partial charge in [0.1, 0.15) is 12.3 Å². The molecule has 1 heterocycles. The van der Waals surface area contributed by atoms with Crippen LogP contribution in [-0.2, 0) is 14.4 Å². The maximum atomic E-state index is 11.8. The van der Waals surface area contributed by atoms with Crippen LogP contribution in [0.25, 0.3) is 0 Å². The van der Waals surface area contributed by atoms with Gasteiger partial charge in [0.2, 0.25) is 5.91 Å². The average Bonchev–Trinajstić information content (AvgIpc) is 2.48. The summed E-state index contributed by atoms with van der Waals surface area (Å²) < 4.78 is 5.26. The fraction of sp³-hybridized carbons (Fsp3) is 0.286. The highest BCUT2D eigenvalue weighted by Crippen LogP contribution is 2.34. The van der Waals surface area contributed by atoms with Crippen LogP contribution in [-0.4, -0.2) is 36.0 Å². The van der Waals surface area contributed by atoms with E-state index in [1.54, 1.807) is 12.1 Å². The number of carboxylic acids is 1. The van der Waals surface area contributed by atoms with Gasteiger partial charge in [-0.3, -0.25) is 19.3 Å². The molecule has 0 aromatic heterocycles. The Morgan fingerprint density at radius 2 is 2.18 bits per heavy atom. The van der Waals surface area contributed by atoms with Gasteiger partial charge in [0.25, 0.3) is 5.91 Å². The van der Waals surface area contributed by atoms with Gasteiger partial charge in [-0.15, -0.1) is 0 Å². The zero-order chi connectivity index (χ0) is 16.1. The standard InChI is InChI=1S/C14H13N3O5/c15-5-6-17-10-7-9(16-12(18)3-4-14(20)21)1-2-11(10)22-8-13(17)19/h1-2,7H,3-4,6,8H2,(H,16,18)(H,20,21). The molecular formula is C14H13N3O5. The summed E-state index contributed by atoms with van der Waals surface area (Å²) in [4.78, 5) is 35.1. The molecule has 0 aliphatic carbocycles. The lowest BCUT2D eigenvalue weighted by molar-refractivity contribution is -0.138. The number of benzene rings is 1. The lowest BCUT2D eigenvalue weighted by atomic mass is 10.2. The number of carbonyl (C=O) groups is 3. The number of amides is 2. The first kappa shape index (κ1) is 15.3. The minimum atomic E-state index is -1.06. The van der Waals surface area contributed by atoms with Crippen LogP contribution in [0.2, 0.25) is 0 Å². The minimum absolute atomic E-state index is 0.119. The number of fused-ring (bicyclic) bond motifs is 1. The van der Waals surface area contributed by atoms with Gasteiger partial charge in [-0.25, -0.2) is 0 Å². The van der Waals surface area contributed by atoms with E-state index >= 15 is 0 Å². The maximum absolute atomic E-state index is 11.8. The molecule has 0 atom stereocenters. The highest BCUT2D eigenvalue weighted by atomic mass is 16.5. The monoisotopic (exact) mass is 303 g/mol. The second-order valence-electron chi connectivity index (χ2n) is 4.55. The predicted molar refractivity (Wildman–Crippen MR) is 75.4 cm³/mol. The first-order chi connectivity index (χ1) is 10.5. The van der Waals surface area contributed by atoms with Crippen molar-refractivity contribution in [3.05, 3.63) is 18.2 Å². The molecule has 2 amide bonds. The van der Waals surface area contributed by atoms with Crippen LogP contribution in [0.15, 0.2) is 18.2 Å². The van der Waals surface area contributed by atoms with Gasteiger partial charge in [0.05, 0.1) is 18.2 Å². The average molecular weight is 303 g/mol. The van der Waals surface area contributed by atoms with Gasteiger partial charge in [-0.1, -0.05) is 0 Å². The van der Waals surface area contributed by atoms with E-state index in [-0.39, 0.29) is 31.9 Å². The Kier molecular flexibility index (Phi) is 4.58. The van der Waals surface area contributed by atoms with Crippen molar-refractivity contribution in [2.24, 2.45) is 0 Å². The van der Waals surface area contributed by atoms with Crippen LogP contribution < -0.4 is 15.0 Å². The Morgan fingerprint density at radius 1 is 1.41 bits per heavy atom. The van der Waals surface area contributed by atoms with Crippen LogP contribution in [0.4, 0.5) is 11.4 Å². The molecule has 0 bridgehead atoms.